The third-order valence-electron chi connectivity index (χ3n) is 5.06. The number of benzene rings is 1. The van der Waals surface area contributed by atoms with E-state index in [4.69, 9.17) is 14.0 Å². The van der Waals surface area contributed by atoms with Crippen LogP contribution in [-0.4, -0.2) is 61.1 Å². The van der Waals surface area contributed by atoms with Crippen LogP contribution in [-0.2, 0) is 14.8 Å². The fraction of sp³-hybridized carbons (Fsp3) is 0.350. The highest BCUT2D eigenvalue weighted by Gasteiger charge is 2.30. The van der Waals surface area contributed by atoms with Crippen molar-refractivity contribution >= 4 is 10.0 Å². The van der Waals surface area contributed by atoms with Gasteiger partial charge in [-0.1, -0.05) is 5.16 Å². The molecule has 0 aliphatic carbocycles. The van der Waals surface area contributed by atoms with E-state index in [1.807, 2.05) is 0 Å². The van der Waals surface area contributed by atoms with Crippen molar-refractivity contribution in [2.45, 2.75) is 18.7 Å². The molecule has 1 aromatic carbocycles. The summed E-state index contributed by atoms with van der Waals surface area (Å²) in [4.78, 5) is 12.5. The quantitative estimate of drug-likeness (QED) is 0.579. The highest BCUT2D eigenvalue weighted by Crippen LogP contribution is 2.31. The summed E-state index contributed by atoms with van der Waals surface area (Å²) >= 11 is 0. The molecule has 0 spiro atoms. The Morgan fingerprint density at radius 2 is 1.84 bits per heavy atom. The first kappa shape index (κ1) is 21.2. The van der Waals surface area contributed by atoms with Gasteiger partial charge in [0.15, 0.2) is 5.76 Å². The molecular weight excluding hydrogens is 424 g/mol. The van der Waals surface area contributed by atoms with Gasteiger partial charge in [-0.25, -0.2) is 8.42 Å². The predicted molar refractivity (Wildman–Crippen MR) is 111 cm³/mol. The summed E-state index contributed by atoms with van der Waals surface area (Å²) < 4.78 is 44.8. The molecule has 2 aromatic heterocycles. The zero-order valence-electron chi connectivity index (χ0n) is 17.4. The number of nitrogens with zero attached hydrogens (tertiary/aromatic N) is 4. The lowest BCUT2D eigenvalue weighted by molar-refractivity contribution is 0.0729. The molecule has 0 saturated carbocycles. The number of rotatable bonds is 5. The van der Waals surface area contributed by atoms with Crippen LogP contribution >= 0.6 is 0 Å². The molecular formula is C20H22N4O6S. The van der Waals surface area contributed by atoms with Crippen molar-refractivity contribution in [1.82, 2.24) is 19.2 Å². The van der Waals surface area contributed by atoms with Gasteiger partial charge in [0.05, 0.1) is 26.0 Å². The van der Waals surface area contributed by atoms with Crippen LogP contribution in [0.15, 0.2) is 44.5 Å². The van der Waals surface area contributed by atoms with E-state index in [-0.39, 0.29) is 29.3 Å². The van der Waals surface area contributed by atoms with Crippen LogP contribution < -0.4 is 10.3 Å². The highest BCUT2D eigenvalue weighted by atomic mass is 32.2. The molecule has 10 nitrogen and oxygen atoms in total. The molecule has 0 N–H and O–H groups in total. The molecule has 11 heteroatoms. The van der Waals surface area contributed by atoms with Gasteiger partial charge in [-0.3, -0.25) is 4.79 Å². The van der Waals surface area contributed by atoms with Gasteiger partial charge in [0.25, 0.3) is 5.56 Å². The Hall–Kier alpha value is -3.02. The zero-order valence-corrected chi connectivity index (χ0v) is 18.2. The predicted octanol–water partition coefficient (Wildman–Crippen LogP) is 1.53. The van der Waals surface area contributed by atoms with Crippen molar-refractivity contribution in [3.05, 3.63) is 52.1 Å². The van der Waals surface area contributed by atoms with Gasteiger partial charge in [0, 0.05) is 24.7 Å². The Bertz CT molecular complexity index is 1260. The van der Waals surface area contributed by atoms with Gasteiger partial charge < -0.3 is 14.0 Å². The van der Waals surface area contributed by atoms with Crippen LogP contribution in [0.4, 0.5) is 0 Å². The van der Waals surface area contributed by atoms with Crippen LogP contribution in [0, 0.1) is 13.8 Å². The first-order chi connectivity index (χ1) is 14.8. The normalized spacial score (nSPS) is 15.2. The largest absolute Gasteiger partial charge is 0.495 e. The summed E-state index contributed by atoms with van der Waals surface area (Å²) in [6.07, 6.45) is 0. The molecule has 0 bridgehead atoms. The summed E-state index contributed by atoms with van der Waals surface area (Å²) in [5, 5.41) is 8.30. The average Bonchev–Trinajstić information content (AvgIpc) is 3.12. The lowest BCUT2D eigenvalue weighted by atomic mass is 10.1. The second-order valence-electron chi connectivity index (χ2n) is 7.02. The topological polar surface area (TPSA) is 117 Å². The number of aromatic nitrogens is 3. The number of hydrogen-bond donors (Lipinski definition) is 0. The smallest absolute Gasteiger partial charge is 0.271 e. The maximum absolute atomic E-state index is 13.2. The monoisotopic (exact) mass is 446 g/mol. The molecule has 1 aliphatic heterocycles. The molecule has 4 rings (SSSR count). The van der Waals surface area contributed by atoms with Crippen LogP contribution in [0.1, 0.15) is 11.5 Å². The summed E-state index contributed by atoms with van der Waals surface area (Å²) in [6, 6.07) is 7.70. The Morgan fingerprint density at radius 1 is 1.10 bits per heavy atom. The molecule has 3 heterocycles. The average molecular weight is 446 g/mol. The van der Waals surface area contributed by atoms with Crippen LogP contribution in [0.3, 0.4) is 0 Å². The maximum Gasteiger partial charge on any atom is 0.271 e. The van der Waals surface area contributed by atoms with E-state index in [0.717, 1.165) is 0 Å². The van der Waals surface area contributed by atoms with E-state index in [9.17, 15) is 13.2 Å². The molecule has 1 aliphatic rings. The lowest BCUT2D eigenvalue weighted by Gasteiger charge is -2.26. The van der Waals surface area contributed by atoms with Crippen molar-refractivity contribution in [3.63, 3.8) is 0 Å². The number of sulfonamides is 1. The molecule has 0 unspecified atom stereocenters. The van der Waals surface area contributed by atoms with Gasteiger partial charge in [0.2, 0.25) is 10.0 Å². The maximum atomic E-state index is 13.2. The van der Waals surface area contributed by atoms with Crippen LogP contribution in [0.25, 0.3) is 16.9 Å². The Kier molecular flexibility index (Phi) is 5.65. The second-order valence-corrected chi connectivity index (χ2v) is 8.93. The number of aryl methyl sites for hydroxylation is 2. The molecule has 3 aromatic rings. The number of methoxy groups -OCH3 is 1. The van der Waals surface area contributed by atoms with Crippen LogP contribution in [0.2, 0.25) is 0 Å². The fourth-order valence-corrected chi connectivity index (χ4v) is 5.06. The minimum absolute atomic E-state index is 0.0336. The standard InChI is InChI=1S/C20H22N4O6S/c1-13-20(14(2)30-22-13)24-19(25)7-5-16(21-24)15-4-6-17(28-3)18(12-15)31(26,27)23-8-10-29-11-9-23/h4-7,12H,8-11H2,1-3H3. The van der Waals surface area contributed by atoms with Crippen molar-refractivity contribution in [1.29, 1.82) is 0 Å². The van der Waals surface area contributed by atoms with Crippen molar-refractivity contribution in [2.75, 3.05) is 33.4 Å². The minimum Gasteiger partial charge on any atom is -0.495 e. The Labute approximate surface area is 179 Å². The van der Waals surface area contributed by atoms with E-state index < -0.39 is 10.0 Å². The van der Waals surface area contributed by atoms with Gasteiger partial charge in [-0.2, -0.15) is 14.1 Å². The lowest BCUT2D eigenvalue weighted by Crippen LogP contribution is -2.40. The minimum atomic E-state index is -3.80. The second kappa shape index (κ2) is 8.25. The first-order valence-electron chi connectivity index (χ1n) is 9.63. The van der Waals surface area contributed by atoms with E-state index in [1.54, 1.807) is 32.0 Å². The van der Waals surface area contributed by atoms with Gasteiger partial charge in [0.1, 0.15) is 22.0 Å². The number of morpholine rings is 1. The van der Waals surface area contributed by atoms with E-state index in [0.29, 0.717) is 41.6 Å². The molecule has 0 radical (unpaired) electrons. The summed E-state index contributed by atoms with van der Waals surface area (Å²) in [5.41, 5.74) is 1.57. The van der Waals surface area contributed by atoms with Crippen molar-refractivity contribution < 1.29 is 22.4 Å². The number of hydrogen-bond acceptors (Lipinski definition) is 8. The highest BCUT2D eigenvalue weighted by molar-refractivity contribution is 7.89. The summed E-state index contributed by atoms with van der Waals surface area (Å²) in [6.45, 7) is 4.62. The molecule has 31 heavy (non-hydrogen) atoms. The molecule has 1 fully saturated rings. The fourth-order valence-electron chi connectivity index (χ4n) is 3.47. The van der Waals surface area contributed by atoms with Gasteiger partial charge >= 0.3 is 0 Å². The van der Waals surface area contributed by atoms with Gasteiger partial charge in [-0.15, -0.1) is 0 Å². The SMILES string of the molecule is COc1ccc(-c2ccc(=O)n(-c3c(C)noc3C)n2)cc1S(=O)(=O)N1CCOCC1. The summed E-state index contributed by atoms with van der Waals surface area (Å²) in [5.74, 6) is 0.684. The van der Waals surface area contributed by atoms with Gasteiger partial charge in [-0.05, 0) is 38.1 Å². The summed E-state index contributed by atoms with van der Waals surface area (Å²) in [7, 11) is -2.38. The van der Waals surface area contributed by atoms with Crippen LogP contribution in [0.5, 0.6) is 5.75 Å². The Balaban J connectivity index is 1.82. The van der Waals surface area contributed by atoms with E-state index in [2.05, 4.69) is 10.3 Å². The molecule has 1 saturated heterocycles. The number of ether oxygens (including phenoxy) is 2. The Morgan fingerprint density at radius 3 is 2.48 bits per heavy atom. The first-order valence-corrected chi connectivity index (χ1v) is 11.1. The van der Waals surface area contributed by atoms with E-state index in [1.165, 1.54) is 28.2 Å². The molecule has 0 atom stereocenters. The van der Waals surface area contributed by atoms with Crippen molar-refractivity contribution in [2.24, 2.45) is 0 Å². The molecule has 164 valence electrons. The zero-order chi connectivity index (χ0) is 22.2. The van der Waals surface area contributed by atoms with Crippen molar-refractivity contribution in [3.8, 4) is 22.7 Å². The third-order valence-corrected chi connectivity index (χ3v) is 6.97. The molecule has 0 amide bonds. The van der Waals surface area contributed by atoms with E-state index >= 15 is 0 Å². The third kappa shape index (κ3) is 3.87.